The molecule has 3 atom stereocenters. The second-order valence-corrected chi connectivity index (χ2v) is 6.36. The summed E-state index contributed by atoms with van der Waals surface area (Å²) in [5.41, 5.74) is 2.69. The van der Waals surface area contributed by atoms with E-state index >= 15 is 0 Å². The van der Waals surface area contributed by atoms with E-state index in [1.165, 1.54) is 25.3 Å². The monoisotopic (exact) mass is 304 g/mol. The van der Waals surface area contributed by atoms with Crippen molar-refractivity contribution in [2.24, 2.45) is 11.8 Å². The van der Waals surface area contributed by atoms with Gasteiger partial charge in [-0.15, -0.1) is 0 Å². The van der Waals surface area contributed by atoms with Gasteiger partial charge in [-0.1, -0.05) is 0 Å². The van der Waals surface area contributed by atoms with Crippen LogP contribution in [0, 0.1) is 18.8 Å². The van der Waals surface area contributed by atoms with Gasteiger partial charge >= 0.3 is 6.61 Å². The molecule has 1 N–H and O–H groups in total. The summed E-state index contributed by atoms with van der Waals surface area (Å²) in [5, 5.41) is 4.45. The Kier molecular flexibility index (Phi) is 3.17. The van der Waals surface area contributed by atoms with Crippen molar-refractivity contribution in [2.45, 2.75) is 38.8 Å². The topological polar surface area (TPSA) is 34.1 Å². The van der Waals surface area contributed by atoms with Crippen LogP contribution in [-0.4, -0.2) is 17.6 Å². The van der Waals surface area contributed by atoms with Crippen LogP contribution < -0.4 is 10.1 Å². The Hall–Kier alpha value is -1.91. The highest BCUT2D eigenvalue weighted by atomic mass is 19.3. The predicted octanol–water partition coefficient (Wildman–Crippen LogP) is 4.36. The number of alkyl halides is 2. The molecule has 0 spiro atoms. The van der Waals surface area contributed by atoms with Crippen LogP contribution >= 0.6 is 0 Å². The molecule has 2 aliphatic rings. The number of anilines is 1. The van der Waals surface area contributed by atoms with Crippen LogP contribution in [0.3, 0.4) is 0 Å². The van der Waals surface area contributed by atoms with Crippen molar-refractivity contribution < 1.29 is 13.5 Å². The standard InChI is InChI=1S/C17H18F2N2O/c1-9-6-16(21-14-4-2-10-7-12(10)14)13-8-11(22-17(18)19)3-5-15(13)20-9/h3,5-6,8,10,12,14,17H,2,4,7H2,1H3,(H,20,21). The number of aromatic nitrogens is 1. The van der Waals surface area contributed by atoms with Crippen molar-refractivity contribution in [3.63, 3.8) is 0 Å². The molecule has 1 aromatic carbocycles. The molecule has 1 aromatic heterocycles. The van der Waals surface area contributed by atoms with Gasteiger partial charge in [0.1, 0.15) is 5.75 Å². The molecule has 2 fully saturated rings. The lowest BCUT2D eigenvalue weighted by Gasteiger charge is -2.18. The molecule has 2 aromatic rings. The molecular weight excluding hydrogens is 286 g/mol. The van der Waals surface area contributed by atoms with Crippen molar-refractivity contribution in [3.8, 4) is 5.75 Å². The maximum Gasteiger partial charge on any atom is 0.387 e. The number of nitrogens with zero attached hydrogens (tertiary/aromatic N) is 1. The van der Waals surface area contributed by atoms with Crippen LogP contribution in [0.5, 0.6) is 5.75 Å². The second-order valence-electron chi connectivity index (χ2n) is 6.36. The Morgan fingerprint density at radius 3 is 2.82 bits per heavy atom. The molecule has 22 heavy (non-hydrogen) atoms. The highest BCUT2D eigenvalue weighted by Gasteiger charge is 2.47. The third kappa shape index (κ3) is 2.49. The molecule has 1 heterocycles. The first-order chi connectivity index (χ1) is 10.6. The molecule has 2 saturated carbocycles. The second kappa shape index (κ2) is 5.07. The number of pyridine rings is 1. The summed E-state index contributed by atoms with van der Waals surface area (Å²) in [4.78, 5) is 4.48. The number of rotatable bonds is 4. The maximum absolute atomic E-state index is 12.4. The lowest BCUT2D eigenvalue weighted by atomic mass is 10.1. The van der Waals surface area contributed by atoms with E-state index in [-0.39, 0.29) is 5.75 Å². The summed E-state index contributed by atoms with van der Waals surface area (Å²) >= 11 is 0. The predicted molar refractivity (Wildman–Crippen MR) is 81.4 cm³/mol. The van der Waals surface area contributed by atoms with Crippen molar-refractivity contribution in [2.75, 3.05) is 5.32 Å². The fourth-order valence-corrected chi connectivity index (χ4v) is 3.72. The zero-order chi connectivity index (χ0) is 15.3. The molecule has 0 amide bonds. The van der Waals surface area contributed by atoms with Gasteiger partial charge in [-0.25, -0.2) is 0 Å². The lowest BCUT2D eigenvalue weighted by Crippen LogP contribution is -2.19. The van der Waals surface area contributed by atoms with Crippen LogP contribution in [0.25, 0.3) is 10.9 Å². The summed E-state index contributed by atoms with van der Waals surface area (Å²) in [7, 11) is 0. The van der Waals surface area contributed by atoms with Crippen LogP contribution in [0.2, 0.25) is 0 Å². The average Bonchev–Trinajstić information content (AvgIpc) is 3.14. The van der Waals surface area contributed by atoms with E-state index in [9.17, 15) is 8.78 Å². The van der Waals surface area contributed by atoms with Crippen molar-refractivity contribution in [1.29, 1.82) is 0 Å². The zero-order valence-electron chi connectivity index (χ0n) is 12.4. The number of hydrogen-bond donors (Lipinski definition) is 1. The average molecular weight is 304 g/mol. The minimum Gasteiger partial charge on any atom is -0.435 e. The Morgan fingerprint density at radius 2 is 2.14 bits per heavy atom. The van der Waals surface area contributed by atoms with E-state index in [0.717, 1.165) is 34.1 Å². The van der Waals surface area contributed by atoms with Gasteiger partial charge in [0.25, 0.3) is 0 Å². The maximum atomic E-state index is 12.4. The fourth-order valence-electron chi connectivity index (χ4n) is 3.72. The van der Waals surface area contributed by atoms with Gasteiger partial charge in [0.2, 0.25) is 0 Å². The molecule has 0 radical (unpaired) electrons. The van der Waals surface area contributed by atoms with Crippen molar-refractivity contribution in [1.82, 2.24) is 4.98 Å². The van der Waals surface area contributed by atoms with E-state index in [1.54, 1.807) is 12.1 Å². The minimum absolute atomic E-state index is 0.173. The van der Waals surface area contributed by atoms with E-state index in [2.05, 4.69) is 15.0 Å². The normalized spacial score (nSPS) is 26.3. The highest BCUT2D eigenvalue weighted by molar-refractivity contribution is 5.92. The summed E-state index contributed by atoms with van der Waals surface area (Å²) in [5.74, 6) is 1.85. The molecule has 3 nitrogen and oxygen atoms in total. The third-order valence-corrected chi connectivity index (χ3v) is 4.82. The first kappa shape index (κ1) is 13.7. The number of aryl methyl sites for hydroxylation is 1. The number of benzene rings is 1. The first-order valence-electron chi connectivity index (χ1n) is 7.73. The number of fused-ring (bicyclic) bond motifs is 2. The van der Waals surface area contributed by atoms with E-state index in [0.29, 0.717) is 6.04 Å². The number of hydrogen-bond acceptors (Lipinski definition) is 3. The third-order valence-electron chi connectivity index (χ3n) is 4.82. The number of ether oxygens (including phenoxy) is 1. The molecule has 116 valence electrons. The van der Waals surface area contributed by atoms with E-state index < -0.39 is 6.61 Å². The molecule has 3 unspecified atom stereocenters. The molecule has 5 heteroatoms. The van der Waals surface area contributed by atoms with Gasteiger partial charge in [-0.2, -0.15) is 8.78 Å². The minimum atomic E-state index is -2.81. The molecule has 4 rings (SSSR count). The smallest absolute Gasteiger partial charge is 0.387 e. The largest absolute Gasteiger partial charge is 0.435 e. The Balaban J connectivity index is 1.70. The van der Waals surface area contributed by atoms with Crippen molar-refractivity contribution >= 4 is 16.6 Å². The highest BCUT2D eigenvalue weighted by Crippen LogP contribution is 2.52. The van der Waals surface area contributed by atoms with Gasteiger partial charge in [-0.3, -0.25) is 4.98 Å². The Morgan fingerprint density at radius 1 is 1.27 bits per heavy atom. The van der Waals surface area contributed by atoms with Crippen LogP contribution in [0.1, 0.15) is 25.0 Å². The van der Waals surface area contributed by atoms with E-state index in [4.69, 9.17) is 0 Å². The Bertz CT molecular complexity index is 719. The van der Waals surface area contributed by atoms with Gasteiger partial charge in [0.15, 0.2) is 0 Å². The van der Waals surface area contributed by atoms with E-state index in [1.807, 2.05) is 13.0 Å². The SMILES string of the molecule is Cc1cc(NC2CCC3CC32)c2cc(OC(F)F)ccc2n1. The lowest BCUT2D eigenvalue weighted by molar-refractivity contribution is -0.0497. The molecule has 0 saturated heterocycles. The molecular formula is C17H18F2N2O. The van der Waals surface area contributed by atoms with Gasteiger partial charge in [0, 0.05) is 22.8 Å². The molecule has 0 aliphatic heterocycles. The zero-order valence-corrected chi connectivity index (χ0v) is 12.4. The van der Waals surface area contributed by atoms with Crippen LogP contribution in [-0.2, 0) is 0 Å². The summed E-state index contributed by atoms with van der Waals surface area (Å²) in [6.07, 6.45) is 3.80. The number of nitrogens with one attached hydrogen (secondary N) is 1. The van der Waals surface area contributed by atoms with Crippen LogP contribution in [0.4, 0.5) is 14.5 Å². The van der Waals surface area contributed by atoms with Crippen molar-refractivity contribution in [3.05, 3.63) is 30.0 Å². The van der Waals surface area contributed by atoms with Gasteiger partial charge in [-0.05, 0) is 62.3 Å². The summed E-state index contributed by atoms with van der Waals surface area (Å²) in [6, 6.07) is 7.41. The van der Waals surface area contributed by atoms with Gasteiger partial charge < -0.3 is 10.1 Å². The number of halogens is 2. The quantitative estimate of drug-likeness (QED) is 0.911. The molecule has 0 bridgehead atoms. The molecule has 2 aliphatic carbocycles. The van der Waals surface area contributed by atoms with Gasteiger partial charge in [0.05, 0.1) is 5.52 Å². The first-order valence-corrected chi connectivity index (χ1v) is 7.73. The Labute approximate surface area is 127 Å². The van der Waals surface area contributed by atoms with Crippen LogP contribution in [0.15, 0.2) is 24.3 Å². The summed E-state index contributed by atoms with van der Waals surface area (Å²) in [6.45, 7) is -0.864. The fraction of sp³-hybridized carbons (Fsp3) is 0.471. The summed E-state index contributed by atoms with van der Waals surface area (Å²) < 4.78 is 29.4.